The molecule has 100 valence electrons. The van der Waals surface area contributed by atoms with Crippen LogP contribution < -0.4 is 0 Å². The smallest absolute Gasteiger partial charge is 0.165 e. The van der Waals surface area contributed by atoms with E-state index in [1.807, 2.05) is 7.05 Å². The molecular weight excluding hydrogens is 269 g/mol. The van der Waals surface area contributed by atoms with E-state index in [9.17, 15) is 4.79 Å². The van der Waals surface area contributed by atoms with Gasteiger partial charge in [0.25, 0.3) is 0 Å². The number of rotatable bonds is 6. The molecular formula is C14H19Cl2NO. The highest BCUT2D eigenvalue weighted by atomic mass is 35.5. The summed E-state index contributed by atoms with van der Waals surface area (Å²) in [6.45, 7) is 5.02. The van der Waals surface area contributed by atoms with Crippen LogP contribution in [0.1, 0.15) is 37.0 Å². The molecule has 1 rings (SSSR count). The average molecular weight is 288 g/mol. The predicted molar refractivity (Wildman–Crippen MR) is 77.8 cm³/mol. The minimum atomic E-state index is 0.0395. The Balaban J connectivity index is 2.64. The van der Waals surface area contributed by atoms with E-state index in [0.717, 1.165) is 13.0 Å². The van der Waals surface area contributed by atoms with Crippen molar-refractivity contribution in [1.82, 2.24) is 4.90 Å². The van der Waals surface area contributed by atoms with Gasteiger partial charge >= 0.3 is 0 Å². The van der Waals surface area contributed by atoms with Crippen molar-refractivity contribution in [2.45, 2.75) is 32.7 Å². The van der Waals surface area contributed by atoms with Gasteiger partial charge in [0.2, 0.25) is 0 Å². The predicted octanol–water partition coefficient (Wildman–Crippen LogP) is 4.30. The summed E-state index contributed by atoms with van der Waals surface area (Å²) in [5, 5.41) is 0.785. The third kappa shape index (κ3) is 3.98. The molecule has 0 aliphatic heterocycles. The van der Waals surface area contributed by atoms with Gasteiger partial charge in [0, 0.05) is 24.6 Å². The lowest BCUT2D eigenvalue weighted by Gasteiger charge is -2.23. The number of hydrogen-bond acceptors (Lipinski definition) is 2. The number of benzene rings is 1. The summed E-state index contributed by atoms with van der Waals surface area (Å²) >= 11 is 11.9. The Hall–Kier alpha value is -0.570. The number of carbonyl (C=O) groups is 1. The van der Waals surface area contributed by atoms with Crippen molar-refractivity contribution in [1.29, 1.82) is 0 Å². The van der Waals surface area contributed by atoms with Crippen molar-refractivity contribution in [3.05, 3.63) is 33.8 Å². The summed E-state index contributed by atoms with van der Waals surface area (Å²) in [5.41, 5.74) is 0.515. The molecule has 0 radical (unpaired) electrons. The molecule has 0 saturated heterocycles. The number of nitrogens with zero attached hydrogens (tertiary/aromatic N) is 1. The zero-order chi connectivity index (χ0) is 13.7. The first-order valence-corrected chi connectivity index (χ1v) is 6.90. The standard InChI is InChI=1S/C14H19Cl2NO/c1-4-10(2)17(3)9-8-13(18)11-6-5-7-12(15)14(11)16/h5-7,10H,4,8-9H2,1-3H3. The van der Waals surface area contributed by atoms with E-state index >= 15 is 0 Å². The van der Waals surface area contributed by atoms with Gasteiger partial charge in [-0.15, -0.1) is 0 Å². The molecule has 18 heavy (non-hydrogen) atoms. The quantitative estimate of drug-likeness (QED) is 0.727. The topological polar surface area (TPSA) is 20.3 Å². The second-order valence-electron chi connectivity index (χ2n) is 4.51. The van der Waals surface area contributed by atoms with Crippen LogP contribution in [0.25, 0.3) is 0 Å². The van der Waals surface area contributed by atoms with Crippen LogP contribution in [0.5, 0.6) is 0 Å². The van der Waals surface area contributed by atoms with E-state index in [2.05, 4.69) is 18.7 Å². The number of ketones is 1. The van der Waals surface area contributed by atoms with Crippen molar-refractivity contribution >= 4 is 29.0 Å². The van der Waals surface area contributed by atoms with Crippen molar-refractivity contribution in [2.24, 2.45) is 0 Å². The SMILES string of the molecule is CCC(C)N(C)CCC(=O)c1cccc(Cl)c1Cl. The van der Waals surface area contributed by atoms with Crippen LogP contribution in [-0.4, -0.2) is 30.3 Å². The molecule has 1 aromatic carbocycles. The van der Waals surface area contributed by atoms with E-state index in [4.69, 9.17) is 23.2 Å². The van der Waals surface area contributed by atoms with E-state index in [1.54, 1.807) is 18.2 Å². The molecule has 0 bridgehead atoms. The minimum Gasteiger partial charge on any atom is -0.303 e. The highest BCUT2D eigenvalue weighted by Crippen LogP contribution is 2.26. The maximum Gasteiger partial charge on any atom is 0.165 e. The van der Waals surface area contributed by atoms with Gasteiger partial charge in [-0.05, 0) is 32.5 Å². The molecule has 1 aromatic rings. The van der Waals surface area contributed by atoms with Crippen LogP contribution in [0.4, 0.5) is 0 Å². The van der Waals surface area contributed by atoms with Gasteiger partial charge < -0.3 is 4.90 Å². The molecule has 2 nitrogen and oxygen atoms in total. The van der Waals surface area contributed by atoms with Crippen molar-refractivity contribution < 1.29 is 4.79 Å². The van der Waals surface area contributed by atoms with Crippen molar-refractivity contribution in [3.63, 3.8) is 0 Å². The molecule has 0 aliphatic carbocycles. The lowest BCUT2D eigenvalue weighted by Crippen LogP contribution is -2.30. The fourth-order valence-corrected chi connectivity index (χ4v) is 2.07. The van der Waals surface area contributed by atoms with Crippen LogP contribution in [0.2, 0.25) is 10.0 Å². The molecule has 0 spiro atoms. The van der Waals surface area contributed by atoms with E-state index in [-0.39, 0.29) is 5.78 Å². The van der Waals surface area contributed by atoms with Crippen LogP contribution in [0.3, 0.4) is 0 Å². The van der Waals surface area contributed by atoms with Gasteiger partial charge in [0.1, 0.15) is 0 Å². The summed E-state index contributed by atoms with van der Waals surface area (Å²) in [6, 6.07) is 5.64. The normalized spacial score (nSPS) is 12.8. The van der Waals surface area contributed by atoms with Crippen LogP contribution >= 0.6 is 23.2 Å². The summed E-state index contributed by atoms with van der Waals surface area (Å²) in [6.07, 6.45) is 1.53. The third-order valence-corrected chi connectivity index (χ3v) is 4.11. The first-order valence-electron chi connectivity index (χ1n) is 6.14. The molecule has 0 aliphatic rings. The van der Waals surface area contributed by atoms with Crippen LogP contribution in [0, 0.1) is 0 Å². The van der Waals surface area contributed by atoms with Crippen molar-refractivity contribution in [3.8, 4) is 0 Å². The molecule has 0 aromatic heterocycles. The largest absolute Gasteiger partial charge is 0.303 e. The van der Waals surface area contributed by atoms with Gasteiger partial charge in [-0.2, -0.15) is 0 Å². The Labute approximate surface area is 119 Å². The molecule has 0 fully saturated rings. The number of Topliss-reactive ketones (excluding diaryl/α,β-unsaturated/α-hetero) is 1. The van der Waals surface area contributed by atoms with E-state index in [0.29, 0.717) is 28.1 Å². The summed E-state index contributed by atoms with van der Waals surface area (Å²) in [5.74, 6) is 0.0395. The Kier molecular flexibility index (Phi) is 6.13. The fourth-order valence-electron chi connectivity index (χ4n) is 1.66. The minimum absolute atomic E-state index is 0.0395. The molecule has 0 amide bonds. The number of carbonyl (C=O) groups excluding carboxylic acids is 1. The zero-order valence-corrected chi connectivity index (χ0v) is 12.6. The number of hydrogen-bond donors (Lipinski definition) is 0. The fraction of sp³-hybridized carbons (Fsp3) is 0.500. The highest BCUT2D eigenvalue weighted by molar-refractivity contribution is 6.43. The second-order valence-corrected chi connectivity index (χ2v) is 5.30. The van der Waals surface area contributed by atoms with Gasteiger partial charge in [-0.25, -0.2) is 0 Å². The molecule has 0 heterocycles. The highest BCUT2D eigenvalue weighted by Gasteiger charge is 2.14. The second kappa shape index (κ2) is 7.13. The maximum atomic E-state index is 12.1. The average Bonchev–Trinajstić information content (AvgIpc) is 2.37. The molecule has 1 atom stereocenters. The summed E-state index contributed by atoms with van der Waals surface area (Å²) in [4.78, 5) is 14.2. The molecule has 0 N–H and O–H groups in total. The molecule has 1 unspecified atom stereocenters. The van der Waals surface area contributed by atoms with Crippen LogP contribution in [0.15, 0.2) is 18.2 Å². The summed E-state index contributed by atoms with van der Waals surface area (Å²) < 4.78 is 0. The van der Waals surface area contributed by atoms with Gasteiger partial charge in [0.05, 0.1) is 10.0 Å². The lowest BCUT2D eigenvalue weighted by atomic mass is 10.1. The maximum absolute atomic E-state index is 12.1. The summed E-state index contributed by atoms with van der Waals surface area (Å²) in [7, 11) is 2.03. The lowest BCUT2D eigenvalue weighted by molar-refractivity contribution is 0.0962. The monoisotopic (exact) mass is 287 g/mol. The van der Waals surface area contributed by atoms with Crippen molar-refractivity contribution in [2.75, 3.05) is 13.6 Å². The van der Waals surface area contributed by atoms with Gasteiger partial charge in [-0.1, -0.05) is 36.2 Å². The Morgan fingerprint density at radius 3 is 2.67 bits per heavy atom. The van der Waals surface area contributed by atoms with Gasteiger partial charge in [0.15, 0.2) is 5.78 Å². The Morgan fingerprint density at radius 2 is 2.06 bits per heavy atom. The van der Waals surface area contributed by atoms with Crippen LogP contribution in [-0.2, 0) is 0 Å². The van der Waals surface area contributed by atoms with E-state index < -0.39 is 0 Å². The van der Waals surface area contributed by atoms with E-state index in [1.165, 1.54) is 0 Å². The molecule has 0 saturated carbocycles. The first-order chi connectivity index (χ1) is 8.47. The molecule has 4 heteroatoms. The Morgan fingerprint density at radius 1 is 1.39 bits per heavy atom. The Bertz CT molecular complexity index is 420. The van der Waals surface area contributed by atoms with Gasteiger partial charge in [-0.3, -0.25) is 4.79 Å². The third-order valence-electron chi connectivity index (χ3n) is 3.29. The number of halogens is 2. The zero-order valence-electron chi connectivity index (χ0n) is 11.0. The first kappa shape index (κ1) is 15.5.